The van der Waals surface area contributed by atoms with Gasteiger partial charge in [0.25, 0.3) is 5.91 Å². The van der Waals surface area contributed by atoms with Gasteiger partial charge in [-0.2, -0.15) is 11.3 Å². The number of carbonyl (C=O) groups is 2. The summed E-state index contributed by atoms with van der Waals surface area (Å²) >= 11 is 3.27. The van der Waals surface area contributed by atoms with E-state index in [1.165, 1.54) is 5.56 Å². The number of fused-ring (bicyclic) bond motifs is 1. The van der Waals surface area contributed by atoms with E-state index in [4.69, 9.17) is 0 Å². The Kier molecular flexibility index (Phi) is 6.35. The first-order valence-corrected chi connectivity index (χ1v) is 12.1. The fraction of sp³-hybridized carbons (Fsp3) is 0.333. The normalized spacial score (nSPS) is 18.5. The van der Waals surface area contributed by atoms with Gasteiger partial charge in [0, 0.05) is 23.5 Å². The summed E-state index contributed by atoms with van der Waals surface area (Å²) in [6, 6.07) is 13.4. The van der Waals surface area contributed by atoms with Gasteiger partial charge in [0.15, 0.2) is 0 Å². The zero-order chi connectivity index (χ0) is 21.1. The van der Waals surface area contributed by atoms with Crippen molar-refractivity contribution in [2.45, 2.75) is 32.2 Å². The van der Waals surface area contributed by atoms with E-state index in [9.17, 15) is 9.59 Å². The second-order valence-corrected chi connectivity index (χ2v) is 9.81. The van der Waals surface area contributed by atoms with E-state index >= 15 is 0 Å². The van der Waals surface area contributed by atoms with Crippen LogP contribution in [0, 0.1) is 5.92 Å². The van der Waals surface area contributed by atoms with E-state index in [1.807, 2.05) is 46.7 Å². The van der Waals surface area contributed by atoms with Crippen molar-refractivity contribution in [3.8, 4) is 0 Å². The maximum absolute atomic E-state index is 13.5. The predicted molar refractivity (Wildman–Crippen MR) is 123 cm³/mol. The minimum Gasteiger partial charge on any atom is -0.355 e. The van der Waals surface area contributed by atoms with Crippen LogP contribution in [0.3, 0.4) is 0 Å². The quantitative estimate of drug-likeness (QED) is 0.558. The first-order valence-electron chi connectivity index (χ1n) is 10.3. The minimum absolute atomic E-state index is 0.0139. The number of thiophene rings is 2. The molecule has 4 nitrogen and oxygen atoms in total. The number of hydrogen-bond acceptors (Lipinski definition) is 4. The Hall–Kier alpha value is -2.44. The molecule has 1 aromatic carbocycles. The fourth-order valence-corrected chi connectivity index (χ4v) is 5.70. The second-order valence-electron chi connectivity index (χ2n) is 8.05. The molecule has 0 fully saturated rings. The maximum atomic E-state index is 13.5. The SMILES string of the molecule is CC(C)CN1C(=O)c2ccccc2[C@@H](C(=O)NCCc2ccsc2)[C@H]1c1cccs1. The molecule has 3 aromatic rings. The average molecular weight is 439 g/mol. The highest BCUT2D eigenvalue weighted by molar-refractivity contribution is 7.10. The number of amides is 2. The van der Waals surface area contributed by atoms with Gasteiger partial charge in [-0.05, 0) is 57.8 Å². The summed E-state index contributed by atoms with van der Waals surface area (Å²) in [6.07, 6.45) is 0.807. The number of nitrogens with one attached hydrogen (secondary N) is 1. The van der Waals surface area contributed by atoms with Gasteiger partial charge in [0.05, 0.1) is 12.0 Å². The maximum Gasteiger partial charge on any atom is 0.254 e. The topological polar surface area (TPSA) is 49.4 Å². The Morgan fingerprint density at radius 2 is 1.97 bits per heavy atom. The van der Waals surface area contributed by atoms with Crippen molar-refractivity contribution < 1.29 is 9.59 Å². The summed E-state index contributed by atoms with van der Waals surface area (Å²) < 4.78 is 0. The summed E-state index contributed by atoms with van der Waals surface area (Å²) in [6.45, 7) is 5.42. The molecule has 0 saturated heterocycles. The highest BCUT2D eigenvalue weighted by Crippen LogP contribution is 2.44. The van der Waals surface area contributed by atoms with Crippen molar-refractivity contribution in [2.75, 3.05) is 13.1 Å². The minimum atomic E-state index is -0.418. The summed E-state index contributed by atoms with van der Waals surface area (Å²) in [7, 11) is 0. The van der Waals surface area contributed by atoms with Gasteiger partial charge >= 0.3 is 0 Å². The molecule has 2 amide bonds. The van der Waals surface area contributed by atoms with E-state index in [0.717, 1.165) is 16.9 Å². The molecule has 0 unspecified atom stereocenters. The van der Waals surface area contributed by atoms with Crippen molar-refractivity contribution >= 4 is 34.5 Å². The summed E-state index contributed by atoms with van der Waals surface area (Å²) in [5, 5.41) is 9.32. The van der Waals surface area contributed by atoms with Gasteiger partial charge < -0.3 is 10.2 Å². The molecule has 0 aliphatic carbocycles. The molecular formula is C24H26N2O2S2. The number of carbonyl (C=O) groups excluding carboxylic acids is 2. The smallest absolute Gasteiger partial charge is 0.254 e. The van der Waals surface area contributed by atoms with Crippen LogP contribution in [0.1, 0.15) is 52.2 Å². The average Bonchev–Trinajstić information content (AvgIpc) is 3.43. The molecule has 2 atom stereocenters. The van der Waals surface area contributed by atoms with Gasteiger partial charge in [-0.1, -0.05) is 38.1 Å². The van der Waals surface area contributed by atoms with Crippen LogP contribution in [0.25, 0.3) is 0 Å². The second kappa shape index (κ2) is 9.14. The lowest BCUT2D eigenvalue weighted by Crippen LogP contribution is -2.48. The third-order valence-corrected chi connectivity index (χ3v) is 7.09. The Labute approximate surface area is 185 Å². The van der Waals surface area contributed by atoms with Crippen molar-refractivity contribution in [1.29, 1.82) is 0 Å². The molecule has 0 spiro atoms. The van der Waals surface area contributed by atoms with Gasteiger partial charge in [0.2, 0.25) is 5.91 Å². The van der Waals surface area contributed by atoms with Crippen LogP contribution in [-0.4, -0.2) is 29.8 Å². The van der Waals surface area contributed by atoms with E-state index in [2.05, 4.69) is 36.0 Å². The molecule has 6 heteroatoms. The first-order chi connectivity index (χ1) is 14.6. The van der Waals surface area contributed by atoms with Crippen LogP contribution >= 0.6 is 22.7 Å². The summed E-state index contributed by atoms with van der Waals surface area (Å²) in [4.78, 5) is 29.8. The molecule has 4 rings (SSSR count). The molecule has 1 aliphatic rings. The summed E-state index contributed by atoms with van der Waals surface area (Å²) in [5.41, 5.74) is 2.70. The van der Waals surface area contributed by atoms with E-state index in [-0.39, 0.29) is 17.9 Å². The van der Waals surface area contributed by atoms with Crippen LogP contribution in [0.5, 0.6) is 0 Å². The van der Waals surface area contributed by atoms with E-state index in [1.54, 1.807) is 22.7 Å². The first kappa shape index (κ1) is 20.8. The molecule has 2 aromatic heterocycles. The monoisotopic (exact) mass is 438 g/mol. The lowest BCUT2D eigenvalue weighted by molar-refractivity contribution is -0.124. The van der Waals surface area contributed by atoms with Gasteiger partial charge in [0.1, 0.15) is 0 Å². The Morgan fingerprint density at radius 1 is 1.13 bits per heavy atom. The van der Waals surface area contributed by atoms with Crippen molar-refractivity contribution in [1.82, 2.24) is 10.2 Å². The zero-order valence-corrected chi connectivity index (χ0v) is 18.8. The Bertz CT molecular complexity index is 996. The molecule has 1 aliphatic heterocycles. The van der Waals surface area contributed by atoms with Gasteiger partial charge in [-0.3, -0.25) is 9.59 Å². The number of rotatable bonds is 7. The predicted octanol–water partition coefficient (Wildman–Crippen LogP) is 5.11. The number of nitrogens with zero attached hydrogens (tertiary/aromatic N) is 1. The van der Waals surface area contributed by atoms with Crippen LogP contribution in [-0.2, 0) is 11.2 Å². The lowest BCUT2D eigenvalue weighted by atomic mass is 9.81. The fourth-order valence-electron chi connectivity index (χ4n) is 4.12. The number of benzene rings is 1. The van der Waals surface area contributed by atoms with Crippen LogP contribution in [0.4, 0.5) is 0 Å². The molecule has 30 heavy (non-hydrogen) atoms. The van der Waals surface area contributed by atoms with Gasteiger partial charge in [-0.15, -0.1) is 11.3 Å². The summed E-state index contributed by atoms with van der Waals surface area (Å²) in [5.74, 6) is -0.111. The highest BCUT2D eigenvalue weighted by atomic mass is 32.1. The van der Waals surface area contributed by atoms with E-state index in [0.29, 0.717) is 24.6 Å². The van der Waals surface area contributed by atoms with Crippen molar-refractivity contribution in [2.24, 2.45) is 5.92 Å². The van der Waals surface area contributed by atoms with Crippen LogP contribution in [0.2, 0.25) is 0 Å². The standard InChI is InChI=1S/C24H26N2O2S2/c1-16(2)14-26-22(20-8-5-12-30-20)21(18-6-3-4-7-19(18)24(26)28)23(27)25-11-9-17-10-13-29-15-17/h3-8,10,12-13,15-16,21-22H,9,11,14H2,1-2H3,(H,25,27)/t21-,22-/m1/s1. The lowest BCUT2D eigenvalue weighted by Gasteiger charge is -2.42. The van der Waals surface area contributed by atoms with Crippen LogP contribution < -0.4 is 5.32 Å². The third-order valence-electron chi connectivity index (χ3n) is 5.41. The Balaban J connectivity index is 1.69. The van der Waals surface area contributed by atoms with Crippen molar-refractivity contribution in [3.05, 3.63) is 80.2 Å². The molecular weight excluding hydrogens is 412 g/mol. The third kappa shape index (κ3) is 4.20. The number of hydrogen-bond donors (Lipinski definition) is 1. The molecule has 0 bridgehead atoms. The molecule has 156 valence electrons. The molecule has 0 radical (unpaired) electrons. The Morgan fingerprint density at radius 3 is 2.67 bits per heavy atom. The molecule has 0 saturated carbocycles. The van der Waals surface area contributed by atoms with Crippen molar-refractivity contribution in [3.63, 3.8) is 0 Å². The molecule has 3 heterocycles. The van der Waals surface area contributed by atoms with Crippen LogP contribution in [0.15, 0.2) is 58.6 Å². The largest absolute Gasteiger partial charge is 0.355 e. The molecule has 1 N–H and O–H groups in total. The zero-order valence-electron chi connectivity index (χ0n) is 17.2. The van der Waals surface area contributed by atoms with Gasteiger partial charge in [-0.25, -0.2) is 0 Å². The highest BCUT2D eigenvalue weighted by Gasteiger charge is 2.44. The van der Waals surface area contributed by atoms with E-state index < -0.39 is 5.92 Å².